The van der Waals surface area contributed by atoms with Crippen LogP contribution in [0.25, 0.3) is 0 Å². The molecule has 1 unspecified atom stereocenters. The largest absolute Gasteiger partial charge is 0.478 e. The van der Waals surface area contributed by atoms with E-state index in [9.17, 15) is 9.18 Å². The van der Waals surface area contributed by atoms with Crippen LogP contribution in [-0.2, 0) is 0 Å². The van der Waals surface area contributed by atoms with Crippen LogP contribution in [0.1, 0.15) is 17.3 Å². The summed E-state index contributed by atoms with van der Waals surface area (Å²) in [5.41, 5.74) is 0.0319. The number of carboxylic acids is 1. The second kappa shape index (κ2) is 5.75. The Labute approximate surface area is 98.1 Å². The van der Waals surface area contributed by atoms with E-state index in [1.165, 1.54) is 6.07 Å². The van der Waals surface area contributed by atoms with Crippen molar-refractivity contribution in [1.82, 2.24) is 0 Å². The van der Waals surface area contributed by atoms with Gasteiger partial charge in [0.2, 0.25) is 0 Å². The molecule has 0 aliphatic rings. The van der Waals surface area contributed by atoms with Crippen molar-refractivity contribution >= 4 is 23.4 Å². The lowest BCUT2D eigenvalue weighted by Crippen LogP contribution is -2.20. The van der Waals surface area contributed by atoms with Crippen LogP contribution in [-0.4, -0.2) is 29.1 Å². The molecule has 0 radical (unpaired) electrons. The zero-order valence-electron chi connectivity index (χ0n) is 9.16. The lowest BCUT2D eigenvalue weighted by molar-refractivity contribution is 0.0693. The average Bonchev–Trinajstić information content (AvgIpc) is 2.17. The standard InChI is InChI=1S/C11H14FNO2S/c1-7(6-16-2)13-9-5-3-4-8(12)10(9)11(14)15/h3-5,7,13H,6H2,1-2H3,(H,14,15). The van der Waals surface area contributed by atoms with E-state index in [4.69, 9.17) is 5.11 Å². The van der Waals surface area contributed by atoms with Crippen molar-refractivity contribution in [3.05, 3.63) is 29.6 Å². The van der Waals surface area contributed by atoms with Crippen molar-refractivity contribution < 1.29 is 14.3 Å². The van der Waals surface area contributed by atoms with Gasteiger partial charge >= 0.3 is 5.97 Å². The van der Waals surface area contributed by atoms with Gasteiger partial charge in [-0.25, -0.2) is 9.18 Å². The maximum Gasteiger partial charge on any atom is 0.340 e. The van der Waals surface area contributed by atoms with Crippen molar-refractivity contribution in [1.29, 1.82) is 0 Å². The highest BCUT2D eigenvalue weighted by molar-refractivity contribution is 7.98. The summed E-state index contributed by atoms with van der Waals surface area (Å²) in [7, 11) is 0. The molecular weight excluding hydrogens is 229 g/mol. The monoisotopic (exact) mass is 243 g/mol. The first-order valence-corrected chi connectivity index (χ1v) is 6.23. The Hall–Kier alpha value is -1.23. The number of halogens is 1. The first-order valence-electron chi connectivity index (χ1n) is 4.83. The van der Waals surface area contributed by atoms with Gasteiger partial charge in [0, 0.05) is 11.8 Å². The third-order valence-electron chi connectivity index (χ3n) is 2.05. The second-order valence-corrected chi connectivity index (χ2v) is 4.38. The number of rotatable bonds is 5. The minimum atomic E-state index is -1.25. The highest BCUT2D eigenvalue weighted by atomic mass is 32.2. The summed E-state index contributed by atoms with van der Waals surface area (Å²) in [4.78, 5) is 10.9. The van der Waals surface area contributed by atoms with Gasteiger partial charge in [-0.3, -0.25) is 0 Å². The Bertz CT molecular complexity index is 384. The topological polar surface area (TPSA) is 49.3 Å². The van der Waals surface area contributed by atoms with Crippen LogP contribution in [0.15, 0.2) is 18.2 Å². The maximum atomic E-state index is 13.3. The minimum Gasteiger partial charge on any atom is -0.478 e. The van der Waals surface area contributed by atoms with E-state index in [1.807, 2.05) is 13.2 Å². The van der Waals surface area contributed by atoms with Crippen LogP contribution in [0.3, 0.4) is 0 Å². The number of hydrogen-bond acceptors (Lipinski definition) is 3. The highest BCUT2D eigenvalue weighted by Gasteiger charge is 2.16. The number of carboxylic acid groups (broad SMARTS) is 1. The molecule has 1 aromatic carbocycles. The molecule has 0 spiro atoms. The molecule has 3 nitrogen and oxygen atoms in total. The molecule has 0 fully saturated rings. The van der Waals surface area contributed by atoms with Gasteiger partial charge in [-0.15, -0.1) is 0 Å². The molecule has 16 heavy (non-hydrogen) atoms. The zero-order valence-corrected chi connectivity index (χ0v) is 9.97. The normalized spacial score (nSPS) is 12.2. The van der Waals surface area contributed by atoms with Crippen LogP contribution >= 0.6 is 11.8 Å². The molecular formula is C11H14FNO2S. The first kappa shape index (κ1) is 12.8. The van der Waals surface area contributed by atoms with E-state index in [0.29, 0.717) is 5.69 Å². The Morgan fingerprint density at radius 3 is 2.88 bits per heavy atom. The number of aromatic carboxylic acids is 1. The molecule has 0 saturated heterocycles. The molecule has 0 heterocycles. The molecule has 0 aliphatic heterocycles. The van der Waals surface area contributed by atoms with Crippen molar-refractivity contribution in [2.75, 3.05) is 17.3 Å². The SMILES string of the molecule is CSCC(C)Nc1cccc(F)c1C(=O)O. The smallest absolute Gasteiger partial charge is 0.340 e. The average molecular weight is 243 g/mol. The van der Waals surface area contributed by atoms with E-state index in [-0.39, 0.29) is 11.6 Å². The molecule has 88 valence electrons. The molecule has 0 bridgehead atoms. The molecule has 2 N–H and O–H groups in total. The van der Waals surface area contributed by atoms with Crippen molar-refractivity contribution in [2.45, 2.75) is 13.0 Å². The van der Waals surface area contributed by atoms with Gasteiger partial charge in [0.05, 0.1) is 5.69 Å². The lowest BCUT2D eigenvalue weighted by atomic mass is 10.1. The van der Waals surface area contributed by atoms with Crippen molar-refractivity contribution in [2.24, 2.45) is 0 Å². The van der Waals surface area contributed by atoms with Gasteiger partial charge in [-0.05, 0) is 25.3 Å². The molecule has 0 saturated carbocycles. The lowest BCUT2D eigenvalue weighted by Gasteiger charge is -2.16. The van der Waals surface area contributed by atoms with E-state index < -0.39 is 11.8 Å². The number of carbonyl (C=O) groups is 1. The summed E-state index contributed by atoms with van der Waals surface area (Å²) in [6.45, 7) is 1.92. The fraction of sp³-hybridized carbons (Fsp3) is 0.364. The summed E-state index contributed by atoms with van der Waals surface area (Å²) in [6.07, 6.45) is 1.96. The molecule has 5 heteroatoms. The Morgan fingerprint density at radius 2 is 2.31 bits per heavy atom. The quantitative estimate of drug-likeness (QED) is 0.834. The third kappa shape index (κ3) is 3.13. The van der Waals surface area contributed by atoms with Crippen LogP contribution in [0.4, 0.5) is 10.1 Å². The van der Waals surface area contributed by atoms with Gasteiger partial charge in [0.15, 0.2) is 0 Å². The summed E-state index contributed by atoms with van der Waals surface area (Å²) in [6, 6.07) is 4.31. The summed E-state index contributed by atoms with van der Waals surface area (Å²) < 4.78 is 13.3. The van der Waals surface area contributed by atoms with Crippen molar-refractivity contribution in [3.63, 3.8) is 0 Å². The van der Waals surface area contributed by atoms with Gasteiger partial charge in [-0.1, -0.05) is 6.07 Å². The highest BCUT2D eigenvalue weighted by Crippen LogP contribution is 2.20. The van der Waals surface area contributed by atoms with Crippen molar-refractivity contribution in [3.8, 4) is 0 Å². The van der Waals surface area contributed by atoms with E-state index in [0.717, 1.165) is 11.8 Å². The van der Waals surface area contributed by atoms with E-state index >= 15 is 0 Å². The number of hydrogen-bond donors (Lipinski definition) is 2. The fourth-order valence-corrected chi connectivity index (χ4v) is 2.00. The van der Waals surface area contributed by atoms with Gasteiger partial charge in [-0.2, -0.15) is 11.8 Å². The van der Waals surface area contributed by atoms with Gasteiger partial charge < -0.3 is 10.4 Å². The second-order valence-electron chi connectivity index (χ2n) is 3.47. The Morgan fingerprint density at radius 1 is 1.62 bits per heavy atom. The van der Waals surface area contributed by atoms with Crippen LogP contribution in [0, 0.1) is 5.82 Å². The van der Waals surface area contributed by atoms with Crippen LogP contribution in [0.2, 0.25) is 0 Å². The first-order chi connectivity index (χ1) is 7.56. The van der Waals surface area contributed by atoms with E-state index in [2.05, 4.69) is 5.32 Å². The summed E-state index contributed by atoms with van der Waals surface area (Å²) in [5, 5.41) is 11.9. The molecule has 0 aliphatic carbocycles. The molecule has 0 amide bonds. The van der Waals surface area contributed by atoms with Gasteiger partial charge in [0.25, 0.3) is 0 Å². The minimum absolute atomic E-state index is 0.0925. The number of anilines is 1. The number of nitrogens with one attached hydrogen (secondary N) is 1. The fourth-order valence-electron chi connectivity index (χ4n) is 1.42. The van der Waals surface area contributed by atoms with E-state index in [1.54, 1.807) is 17.8 Å². The molecule has 1 atom stereocenters. The molecule has 1 rings (SSSR count). The Balaban J connectivity index is 2.95. The number of thioether (sulfide) groups is 1. The van der Waals surface area contributed by atoms with Crippen LogP contribution < -0.4 is 5.32 Å². The maximum absolute atomic E-state index is 13.3. The third-order valence-corrected chi connectivity index (χ3v) is 2.88. The predicted molar refractivity (Wildman–Crippen MR) is 64.8 cm³/mol. The van der Waals surface area contributed by atoms with Gasteiger partial charge in [0.1, 0.15) is 11.4 Å². The summed E-state index contributed by atoms with van der Waals surface area (Å²) in [5.74, 6) is -1.14. The summed E-state index contributed by atoms with van der Waals surface area (Å²) >= 11 is 1.64. The molecule has 1 aromatic rings. The predicted octanol–water partition coefficient (Wildman–Crippen LogP) is 2.69. The number of benzene rings is 1. The molecule has 0 aromatic heterocycles. The Kier molecular flexibility index (Phi) is 4.61. The zero-order chi connectivity index (χ0) is 12.1. The van der Waals surface area contributed by atoms with Crippen LogP contribution in [0.5, 0.6) is 0 Å².